The number of primary amides is 1. The average molecular weight is 623 g/mol. The first kappa shape index (κ1) is 30.0. The molecule has 236 valence electrons. The summed E-state index contributed by atoms with van der Waals surface area (Å²) in [7, 11) is 0. The van der Waals surface area contributed by atoms with Crippen LogP contribution in [0, 0.1) is 5.82 Å². The van der Waals surface area contributed by atoms with E-state index >= 15 is 0 Å². The fraction of sp³-hybridized carbons (Fsp3) is 0.361. The Hall–Kier alpha value is -4.70. The Kier molecular flexibility index (Phi) is 7.35. The predicted molar refractivity (Wildman–Crippen MR) is 168 cm³/mol. The molecule has 7 rings (SSSR count). The van der Waals surface area contributed by atoms with Gasteiger partial charge in [-0.3, -0.25) is 9.59 Å². The van der Waals surface area contributed by atoms with Crippen molar-refractivity contribution in [2.75, 3.05) is 6.61 Å². The number of aromatic nitrogens is 3. The molecule has 0 saturated heterocycles. The maximum atomic E-state index is 13.7. The number of amides is 1. The van der Waals surface area contributed by atoms with Crippen LogP contribution in [-0.4, -0.2) is 44.5 Å². The Bertz CT molecular complexity index is 1830. The van der Waals surface area contributed by atoms with Gasteiger partial charge in [-0.25, -0.2) is 19.3 Å². The highest BCUT2D eigenvalue weighted by Gasteiger charge is 2.45. The van der Waals surface area contributed by atoms with Crippen LogP contribution in [0.3, 0.4) is 0 Å². The molecule has 9 nitrogen and oxygen atoms in total. The van der Waals surface area contributed by atoms with E-state index < -0.39 is 22.7 Å². The Morgan fingerprint density at radius 2 is 1.78 bits per heavy atom. The van der Waals surface area contributed by atoms with Crippen LogP contribution in [0.5, 0.6) is 11.5 Å². The molecule has 2 aromatic heterocycles. The predicted octanol–water partition coefficient (Wildman–Crippen LogP) is 5.77. The summed E-state index contributed by atoms with van der Waals surface area (Å²) in [6.07, 6.45) is 7.98. The summed E-state index contributed by atoms with van der Waals surface area (Å²) in [4.78, 5) is 39.9. The number of hydrogen-bond donors (Lipinski definition) is 2. The summed E-state index contributed by atoms with van der Waals surface area (Å²) in [6.45, 7) is 3.27. The second kappa shape index (κ2) is 11.3. The van der Waals surface area contributed by atoms with Crippen molar-refractivity contribution in [1.82, 2.24) is 15.0 Å². The van der Waals surface area contributed by atoms with Crippen LogP contribution in [0.25, 0.3) is 22.4 Å². The zero-order chi connectivity index (χ0) is 32.2. The van der Waals surface area contributed by atoms with Crippen molar-refractivity contribution >= 4 is 11.7 Å². The molecular formula is C36H35FN4O5. The average Bonchev–Trinajstić information content (AvgIpc) is 3.99. The zero-order valence-corrected chi connectivity index (χ0v) is 25.8. The van der Waals surface area contributed by atoms with Crippen molar-refractivity contribution in [2.45, 2.75) is 75.4 Å². The van der Waals surface area contributed by atoms with Gasteiger partial charge in [0.25, 0.3) is 0 Å². The maximum Gasteiger partial charge on any atom is 0.231 e. The molecule has 1 aliphatic heterocycles. The van der Waals surface area contributed by atoms with Gasteiger partial charge in [-0.15, -0.1) is 0 Å². The minimum atomic E-state index is -1.56. The number of ether oxygens (including phenoxy) is 2. The molecule has 2 aromatic carbocycles. The summed E-state index contributed by atoms with van der Waals surface area (Å²) < 4.78 is 25.8. The highest BCUT2D eigenvalue weighted by molar-refractivity contribution is 5.97. The largest absolute Gasteiger partial charge is 0.490 e. The highest BCUT2D eigenvalue weighted by atomic mass is 19.1. The van der Waals surface area contributed by atoms with Crippen molar-refractivity contribution < 1.29 is 28.6 Å². The molecule has 2 fully saturated rings. The normalized spacial score (nSPS) is 20.0. The fourth-order valence-corrected chi connectivity index (χ4v) is 5.72. The molecule has 3 heterocycles. The van der Waals surface area contributed by atoms with Crippen molar-refractivity contribution in [2.24, 2.45) is 5.73 Å². The number of ketones is 1. The fourth-order valence-electron chi connectivity index (χ4n) is 5.72. The van der Waals surface area contributed by atoms with E-state index in [1.807, 2.05) is 18.5 Å². The van der Waals surface area contributed by atoms with E-state index in [-0.39, 0.29) is 37.0 Å². The van der Waals surface area contributed by atoms with Crippen molar-refractivity contribution in [3.63, 3.8) is 0 Å². The molecule has 4 aromatic rings. The summed E-state index contributed by atoms with van der Waals surface area (Å²) in [5.74, 6) is 1.12. The number of Topliss-reactive ketones (excluding diaryl/α,β-unsaturated/α-hetero) is 1. The van der Waals surface area contributed by atoms with Crippen LogP contribution in [0.2, 0.25) is 0 Å². The molecule has 46 heavy (non-hydrogen) atoms. The molecule has 3 N–H and O–H groups in total. The van der Waals surface area contributed by atoms with Gasteiger partial charge < -0.3 is 20.3 Å². The van der Waals surface area contributed by atoms with E-state index in [2.05, 4.69) is 9.97 Å². The molecule has 2 saturated carbocycles. The second-order valence-corrected chi connectivity index (χ2v) is 13.1. The third kappa shape index (κ3) is 5.73. The lowest BCUT2D eigenvalue weighted by molar-refractivity contribution is -0.123. The summed E-state index contributed by atoms with van der Waals surface area (Å²) in [5.41, 5.74) is 6.83. The van der Waals surface area contributed by atoms with Crippen molar-refractivity contribution in [3.05, 3.63) is 89.4 Å². The topological polar surface area (TPSA) is 138 Å². The van der Waals surface area contributed by atoms with E-state index in [9.17, 15) is 19.1 Å². The van der Waals surface area contributed by atoms with E-state index in [1.165, 1.54) is 12.1 Å². The molecule has 3 aliphatic rings. The first-order valence-electron chi connectivity index (χ1n) is 15.6. The minimum Gasteiger partial charge on any atom is -0.490 e. The second-order valence-electron chi connectivity index (χ2n) is 13.1. The zero-order valence-electron chi connectivity index (χ0n) is 25.8. The number of nitrogens with zero attached hydrogens (tertiary/aromatic N) is 3. The number of aliphatic hydroxyl groups is 1. The maximum absolute atomic E-state index is 13.7. The van der Waals surface area contributed by atoms with E-state index in [4.69, 9.17) is 20.2 Å². The molecule has 0 radical (unpaired) electrons. The molecule has 0 unspecified atom stereocenters. The van der Waals surface area contributed by atoms with Crippen molar-refractivity contribution in [3.8, 4) is 33.9 Å². The van der Waals surface area contributed by atoms with Crippen LogP contribution >= 0.6 is 0 Å². The van der Waals surface area contributed by atoms with Gasteiger partial charge in [0.2, 0.25) is 5.91 Å². The lowest BCUT2D eigenvalue weighted by Crippen LogP contribution is -2.40. The lowest BCUT2D eigenvalue weighted by Gasteiger charge is -2.26. The Balaban J connectivity index is 1.15. The monoisotopic (exact) mass is 622 g/mol. The number of carbonyl (C=O) groups excluding carboxylic acids is 2. The first-order chi connectivity index (χ1) is 22.0. The van der Waals surface area contributed by atoms with Crippen LogP contribution in [-0.2, 0) is 15.8 Å². The molecule has 10 heteroatoms. The number of nitrogens with two attached hydrogens (primary N) is 1. The standard InChI is InChI=1S/C36H35FN4O5/c1-35(34(38)43)19-45-32-27(35)16-30(41-31(32)20-5-8-24(37)9-6-20)36(2,44)14-13-28(42)22-7-12-26(29(15-22)46-25-10-11-25)23-17-39-33(40-18-23)21-3-4-21/h5-9,12,15-18,21,25,44H,3-4,10-11,13-14,19H2,1-2H3,(H2,38,43)/t35-,36-/m0/s1. The Morgan fingerprint density at radius 1 is 1.07 bits per heavy atom. The minimum absolute atomic E-state index is 0.00959. The quantitative estimate of drug-likeness (QED) is 0.201. The number of carbonyl (C=O) groups is 2. The Morgan fingerprint density at radius 3 is 2.43 bits per heavy atom. The van der Waals surface area contributed by atoms with Crippen LogP contribution < -0.4 is 15.2 Å². The molecule has 2 atom stereocenters. The molecular weight excluding hydrogens is 587 g/mol. The molecule has 2 aliphatic carbocycles. The van der Waals surface area contributed by atoms with Gasteiger partial charge in [-0.1, -0.05) is 6.07 Å². The molecule has 1 amide bonds. The van der Waals surface area contributed by atoms with Gasteiger partial charge >= 0.3 is 0 Å². The van der Waals surface area contributed by atoms with Crippen molar-refractivity contribution in [1.29, 1.82) is 0 Å². The smallest absolute Gasteiger partial charge is 0.231 e. The summed E-state index contributed by atoms with van der Waals surface area (Å²) >= 11 is 0. The Labute approximate surface area is 266 Å². The number of rotatable bonds is 11. The number of hydrogen-bond acceptors (Lipinski definition) is 8. The number of benzene rings is 2. The van der Waals surface area contributed by atoms with Crippen LogP contribution in [0.15, 0.2) is 60.9 Å². The van der Waals surface area contributed by atoms with Crippen LogP contribution in [0.4, 0.5) is 4.39 Å². The van der Waals surface area contributed by atoms with E-state index in [0.29, 0.717) is 39.8 Å². The summed E-state index contributed by atoms with van der Waals surface area (Å²) in [6, 6.07) is 12.7. The third-order valence-electron chi connectivity index (χ3n) is 9.17. The SMILES string of the molecule is C[C@](O)(CCC(=O)c1ccc(-c2cnc(C3CC3)nc2)c(OC2CC2)c1)c1cc2c(c(-c3ccc(F)cc3)n1)OC[C@]2(C)C(N)=O. The molecule has 0 spiro atoms. The van der Waals surface area contributed by atoms with Gasteiger partial charge in [-0.05, 0) is 88.4 Å². The first-order valence-corrected chi connectivity index (χ1v) is 15.6. The van der Waals surface area contributed by atoms with Gasteiger partial charge in [0.15, 0.2) is 5.78 Å². The third-order valence-corrected chi connectivity index (χ3v) is 9.17. The summed E-state index contributed by atoms with van der Waals surface area (Å²) in [5, 5.41) is 11.7. The van der Waals surface area contributed by atoms with E-state index in [1.54, 1.807) is 44.2 Å². The highest BCUT2D eigenvalue weighted by Crippen LogP contribution is 2.46. The number of fused-ring (bicyclic) bond motifs is 1. The van der Waals surface area contributed by atoms with Gasteiger partial charge in [0, 0.05) is 52.5 Å². The van der Waals surface area contributed by atoms with Crippen LogP contribution in [0.1, 0.15) is 85.7 Å². The van der Waals surface area contributed by atoms with Gasteiger partial charge in [0.1, 0.15) is 46.5 Å². The van der Waals surface area contributed by atoms with E-state index in [0.717, 1.165) is 42.6 Å². The van der Waals surface area contributed by atoms with Gasteiger partial charge in [0.05, 0.1) is 11.8 Å². The van der Waals surface area contributed by atoms with Gasteiger partial charge in [-0.2, -0.15) is 0 Å². The number of pyridine rings is 1. The lowest BCUT2D eigenvalue weighted by atomic mass is 9.81. The number of halogens is 1. The molecule has 0 bridgehead atoms.